The Morgan fingerprint density at radius 3 is 3.07 bits per heavy atom. The first-order chi connectivity index (χ1) is 7.43. The third-order valence-corrected chi connectivity index (χ3v) is 2.90. The molecule has 3 nitrogen and oxygen atoms in total. The Balaban J connectivity index is 2.06. The van der Waals surface area contributed by atoms with E-state index in [9.17, 15) is 0 Å². The number of nitrogens with one attached hydrogen (secondary N) is 1. The molecule has 0 aliphatic carbocycles. The van der Waals surface area contributed by atoms with E-state index in [1.54, 1.807) is 0 Å². The van der Waals surface area contributed by atoms with Crippen LogP contribution in [0, 0.1) is 0 Å². The van der Waals surface area contributed by atoms with Crippen LogP contribution >= 0.6 is 0 Å². The molecule has 0 atom stereocenters. The standard InChI is InChI=1S/C12H13N3/c1-2-6-13-11(3-1)9-4-5-12-10(7-9)8-14-15-12/h4-5,7-8H,1-3,6H2,(H,14,15). The molecule has 1 aliphatic heterocycles. The molecule has 0 bridgehead atoms. The van der Waals surface area contributed by atoms with E-state index in [4.69, 9.17) is 0 Å². The predicted octanol–water partition coefficient (Wildman–Crippen LogP) is 2.54. The molecule has 0 radical (unpaired) electrons. The summed E-state index contributed by atoms with van der Waals surface area (Å²) in [6.07, 6.45) is 5.48. The number of nitrogens with zero attached hydrogens (tertiary/aromatic N) is 2. The Hall–Kier alpha value is -1.64. The molecule has 2 aromatic rings. The van der Waals surface area contributed by atoms with Gasteiger partial charge in [-0.2, -0.15) is 5.10 Å². The maximum atomic E-state index is 4.58. The van der Waals surface area contributed by atoms with Crippen molar-refractivity contribution >= 4 is 16.6 Å². The van der Waals surface area contributed by atoms with Gasteiger partial charge in [-0.3, -0.25) is 10.1 Å². The van der Waals surface area contributed by atoms with Crippen LogP contribution in [0.3, 0.4) is 0 Å². The van der Waals surface area contributed by atoms with Crippen LogP contribution in [0.25, 0.3) is 10.9 Å². The third kappa shape index (κ3) is 1.54. The monoisotopic (exact) mass is 199 g/mol. The topological polar surface area (TPSA) is 41.0 Å². The van der Waals surface area contributed by atoms with Crippen molar-refractivity contribution in [3.8, 4) is 0 Å². The van der Waals surface area contributed by atoms with Crippen molar-refractivity contribution in [1.29, 1.82) is 0 Å². The van der Waals surface area contributed by atoms with Gasteiger partial charge in [0, 0.05) is 17.6 Å². The van der Waals surface area contributed by atoms with E-state index in [-0.39, 0.29) is 0 Å². The van der Waals surface area contributed by atoms with Crippen molar-refractivity contribution in [2.24, 2.45) is 4.99 Å². The van der Waals surface area contributed by atoms with Gasteiger partial charge in [-0.1, -0.05) is 6.07 Å². The number of benzene rings is 1. The van der Waals surface area contributed by atoms with Gasteiger partial charge in [0.05, 0.1) is 11.7 Å². The Kier molecular flexibility index (Phi) is 2.02. The van der Waals surface area contributed by atoms with Crippen LogP contribution in [0.4, 0.5) is 0 Å². The molecule has 1 aromatic heterocycles. The number of fused-ring (bicyclic) bond motifs is 1. The molecular weight excluding hydrogens is 186 g/mol. The SMILES string of the molecule is c1cc2[nH]ncc2cc1C1=NCCCC1. The van der Waals surface area contributed by atoms with Crippen molar-refractivity contribution in [1.82, 2.24) is 10.2 Å². The fourth-order valence-electron chi connectivity index (χ4n) is 2.06. The van der Waals surface area contributed by atoms with Crippen molar-refractivity contribution < 1.29 is 0 Å². The van der Waals surface area contributed by atoms with E-state index in [0.717, 1.165) is 18.5 Å². The first-order valence-corrected chi connectivity index (χ1v) is 5.40. The molecular formula is C12H13N3. The maximum Gasteiger partial charge on any atom is 0.0650 e. The van der Waals surface area contributed by atoms with Crippen molar-refractivity contribution in [3.05, 3.63) is 30.0 Å². The molecule has 0 fully saturated rings. The molecule has 0 amide bonds. The summed E-state index contributed by atoms with van der Waals surface area (Å²) in [6, 6.07) is 6.38. The molecule has 76 valence electrons. The molecule has 15 heavy (non-hydrogen) atoms. The number of aromatic amines is 1. The first kappa shape index (κ1) is 8.65. The van der Waals surface area contributed by atoms with Crippen LogP contribution < -0.4 is 0 Å². The lowest BCUT2D eigenvalue weighted by Crippen LogP contribution is -2.07. The predicted molar refractivity (Wildman–Crippen MR) is 61.3 cm³/mol. The summed E-state index contributed by atoms with van der Waals surface area (Å²) in [6.45, 7) is 0.985. The summed E-state index contributed by atoms with van der Waals surface area (Å²) in [4.78, 5) is 4.58. The lowest BCUT2D eigenvalue weighted by Gasteiger charge is -2.11. The first-order valence-electron chi connectivity index (χ1n) is 5.40. The third-order valence-electron chi connectivity index (χ3n) is 2.90. The van der Waals surface area contributed by atoms with Crippen LogP contribution in [0.1, 0.15) is 24.8 Å². The van der Waals surface area contributed by atoms with Gasteiger partial charge in [-0.25, -0.2) is 0 Å². The second-order valence-electron chi connectivity index (χ2n) is 3.96. The van der Waals surface area contributed by atoms with E-state index in [1.807, 2.05) is 6.20 Å². The van der Waals surface area contributed by atoms with Gasteiger partial charge < -0.3 is 0 Å². The van der Waals surface area contributed by atoms with Crippen molar-refractivity contribution in [2.45, 2.75) is 19.3 Å². The number of H-pyrrole nitrogens is 1. The lowest BCUT2D eigenvalue weighted by molar-refractivity contribution is 0.739. The highest BCUT2D eigenvalue weighted by Gasteiger charge is 2.08. The number of aliphatic imine (C=N–C) groups is 1. The number of rotatable bonds is 1. The van der Waals surface area contributed by atoms with Crippen LogP contribution in [0.15, 0.2) is 29.4 Å². The van der Waals surface area contributed by atoms with Crippen LogP contribution in [-0.2, 0) is 0 Å². The zero-order valence-electron chi connectivity index (χ0n) is 8.53. The molecule has 3 heteroatoms. The van der Waals surface area contributed by atoms with E-state index in [0.29, 0.717) is 0 Å². The molecule has 0 saturated heterocycles. The fraction of sp³-hybridized carbons (Fsp3) is 0.333. The molecule has 0 saturated carbocycles. The second kappa shape index (κ2) is 3.50. The summed E-state index contributed by atoms with van der Waals surface area (Å²) in [5.74, 6) is 0. The molecule has 1 N–H and O–H groups in total. The summed E-state index contributed by atoms with van der Waals surface area (Å²) >= 11 is 0. The Morgan fingerprint density at radius 2 is 2.20 bits per heavy atom. The van der Waals surface area contributed by atoms with Gasteiger partial charge in [0.2, 0.25) is 0 Å². The molecule has 1 aromatic carbocycles. The van der Waals surface area contributed by atoms with E-state index >= 15 is 0 Å². The normalized spacial score (nSPS) is 16.7. The van der Waals surface area contributed by atoms with Crippen molar-refractivity contribution in [3.63, 3.8) is 0 Å². The minimum absolute atomic E-state index is 0.985. The summed E-state index contributed by atoms with van der Waals surface area (Å²) in [5.41, 5.74) is 3.60. The molecule has 0 unspecified atom stereocenters. The fourth-order valence-corrected chi connectivity index (χ4v) is 2.06. The average molecular weight is 199 g/mol. The zero-order chi connectivity index (χ0) is 10.1. The zero-order valence-corrected chi connectivity index (χ0v) is 8.53. The maximum absolute atomic E-state index is 4.58. The summed E-state index contributed by atoms with van der Waals surface area (Å²) in [5, 5.41) is 8.15. The quantitative estimate of drug-likeness (QED) is 0.753. The van der Waals surface area contributed by atoms with Crippen LogP contribution in [0.2, 0.25) is 0 Å². The second-order valence-corrected chi connectivity index (χ2v) is 3.96. The number of hydrogen-bond donors (Lipinski definition) is 1. The molecule has 1 aliphatic rings. The van der Waals surface area contributed by atoms with E-state index in [1.165, 1.54) is 29.5 Å². The van der Waals surface area contributed by atoms with Gasteiger partial charge in [0.25, 0.3) is 0 Å². The number of aromatic nitrogens is 2. The Bertz CT molecular complexity index is 510. The van der Waals surface area contributed by atoms with E-state index in [2.05, 4.69) is 33.4 Å². The summed E-state index contributed by atoms with van der Waals surface area (Å²) < 4.78 is 0. The Morgan fingerprint density at radius 1 is 1.20 bits per heavy atom. The smallest absolute Gasteiger partial charge is 0.0650 e. The highest BCUT2D eigenvalue weighted by Crippen LogP contribution is 2.18. The lowest BCUT2D eigenvalue weighted by atomic mass is 10.0. The highest BCUT2D eigenvalue weighted by atomic mass is 15.1. The van der Waals surface area contributed by atoms with Gasteiger partial charge >= 0.3 is 0 Å². The van der Waals surface area contributed by atoms with Gasteiger partial charge in [-0.05, 0) is 37.0 Å². The molecule has 3 rings (SSSR count). The largest absolute Gasteiger partial charge is 0.289 e. The minimum atomic E-state index is 0.985. The van der Waals surface area contributed by atoms with Gasteiger partial charge in [-0.15, -0.1) is 0 Å². The van der Waals surface area contributed by atoms with Crippen molar-refractivity contribution in [2.75, 3.05) is 6.54 Å². The van der Waals surface area contributed by atoms with Gasteiger partial charge in [0.15, 0.2) is 0 Å². The average Bonchev–Trinajstić information content (AvgIpc) is 2.77. The Labute approximate surface area is 88.2 Å². The highest BCUT2D eigenvalue weighted by molar-refractivity contribution is 6.03. The molecule has 2 heterocycles. The minimum Gasteiger partial charge on any atom is -0.289 e. The van der Waals surface area contributed by atoms with Crippen LogP contribution in [0.5, 0.6) is 0 Å². The summed E-state index contributed by atoms with van der Waals surface area (Å²) in [7, 11) is 0. The van der Waals surface area contributed by atoms with E-state index < -0.39 is 0 Å². The molecule has 0 spiro atoms. The van der Waals surface area contributed by atoms with Crippen LogP contribution in [-0.4, -0.2) is 22.5 Å². The van der Waals surface area contributed by atoms with Gasteiger partial charge in [0.1, 0.15) is 0 Å². The number of hydrogen-bond acceptors (Lipinski definition) is 2.